The van der Waals surface area contributed by atoms with Crippen molar-refractivity contribution in [2.24, 2.45) is 0 Å². The molecule has 1 N–H and O–H groups in total. The molecule has 0 aliphatic carbocycles. The second-order valence-corrected chi connectivity index (χ2v) is 6.41. The lowest BCUT2D eigenvalue weighted by Crippen LogP contribution is -2.01. The number of aryl methyl sites for hydroxylation is 1. The van der Waals surface area contributed by atoms with E-state index in [0.29, 0.717) is 22.9 Å². The molecular formula is C21H15N5O3. The summed E-state index contributed by atoms with van der Waals surface area (Å²) in [5.74, 6) is 0.944. The number of para-hydroxylation sites is 1. The minimum Gasteiger partial charge on any atom is -0.438 e. The van der Waals surface area contributed by atoms with Gasteiger partial charge in [0.1, 0.15) is 5.82 Å². The van der Waals surface area contributed by atoms with Gasteiger partial charge in [-0.2, -0.15) is 5.26 Å². The second kappa shape index (κ2) is 7.40. The quantitative estimate of drug-likeness (QED) is 0.394. The van der Waals surface area contributed by atoms with E-state index in [1.807, 2.05) is 31.2 Å². The molecule has 2 aromatic carbocycles. The van der Waals surface area contributed by atoms with Crippen LogP contribution in [0.1, 0.15) is 17.0 Å². The number of anilines is 1. The predicted molar refractivity (Wildman–Crippen MR) is 107 cm³/mol. The second-order valence-electron chi connectivity index (χ2n) is 6.41. The Morgan fingerprint density at radius 1 is 1.24 bits per heavy atom. The number of hydrogen-bond donors (Lipinski definition) is 1. The van der Waals surface area contributed by atoms with Gasteiger partial charge in [-0.15, -0.1) is 0 Å². The van der Waals surface area contributed by atoms with Crippen LogP contribution in [0.25, 0.3) is 22.2 Å². The molecule has 2 aromatic heterocycles. The van der Waals surface area contributed by atoms with Crippen LogP contribution in [-0.4, -0.2) is 14.9 Å². The smallest absolute Gasteiger partial charge is 0.298 e. The van der Waals surface area contributed by atoms with Gasteiger partial charge < -0.3 is 9.73 Å². The highest BCUT2D eigenvalue weighted by Crippen LogP contribution is 2.27. The third-order valence-electron chi connectivity index (χ3n) is 4.49. The van der Waals surface area contributed by atoms with Gasteiger partial charge in [-0.25, -0.2) is 9.97 Å². The van der Waals surface area contributed by atoms with Crippen molar-refractivity contribution in [2.75, 3.05) is 5.32 Å². The maximum atomic E-state index is 11.1. The van der Waals surface area contributed by atoms with Gasteiger partial charge in [0.15, 0.2) is 11.1 Å². The molecule has 8 heteroatoms. The zero-order chi connectivity index (χ0) is 20.4. The molecule has 0 aliphatic heterocycles. The summed E-state index contributed by atoms with van der Waals surface area (Å²) in [4.78, 5) is 19.2. The van der Waals surface area contributed by atoms with E-state index in [2.05, 4.69) is 21.4 Å². The highest BCUT2D eigenvalue weighted by molar-refractivity contribution is 5.82. The van der Waals surface area contributed by atoms with Gasteiger partial charge >= 0.3 is 0 Å². The molecule has 0 atom stereocenters. The van der Waals surface area contributed by atoms with Crippen molar-refractivity contribution in [1.82, 2.24) is 9.97 Å². The number of nitriles is 1. The summed E-state index contributed by atoms with van der Waals surface area (Å²) in [5, 5.41) is 23.3. The van der Waals surface area contributed by atoms with Gasteiger partial charge in [0.05, 0.1) is 23.1 Å². The average Bonchev–Trinajstić information content (AvgIpc) is 3.15. The van der Waals surface area contributed by atoms with Crippen LogP contribution >= 0.6 is 0 Å². The van der Waals surface area contributed by atoms with Crippen molar-refractivity contribution in [3.8, 4) is 17.2 Å². The van der Waals surface area contributed by atoms with E-state index >= 15 is 0 Å². The topological polar surface area (TPSA) is 118 Å². The van der Waals surface area contributed by atoms with E-state index < -0.39 is 4.92 Å². The lowest BCUT2D eigenvalue weighted by atomic mass is 9.99. The van der Waals surface area contributed by atoms with Crippen LogP contribution < -0.4 is 5.32 Å². The molecule has 0 spiro atoms. The van der Waals surface area contributed by atoms with Crippen molar-refractivity contribution in [1.29, 1.82) is 5.26 Å². The minimum atomic E-state index is -0.479. The predicted octanol–water partition coefficient (Wildman–Crippen LogP) is 4.59. The highest BCUT2D eigenvalue weighted by Gasteiger charge is 2.17. The van der Waals surface area contributed by atoms with Gasteiger partial charge in [0, 0.05) is 12.3 Å². The Bertz CT molecular complexity index is 1270. The van der Waals surface area contributed by atoms with Crippen LogP contribution in [-0.2, 0) is 6.54 Å². The van der Waals surface area contributed by atoms with E-state index in [9.17, 15) is 10.1 Å². The number of non-ortho nitro benzene ring substituents is 1. The SMILES string of the molecule is Cc1cc(C#N)ccc1-c1ccnc(NCc2nc3c([N+](=O)[O-])cccc3o2)c1. The van der Waals surface area contributed by atoms with Crippen LogP contribution in [0.15, 0.2) is 59.1 Å². The molecule has 8 nitrogen and oxygen atoms in total. The highest BCUT2D eigenvalue weighted by atomic mass is 16.6. The summed E-state index contributed by atoms with van der Waals surface area (Å²) >= 11 is 0. The fourth-order valence-electron chi connectivity index (χ4n) is 3.12. The van der Waals surface area contributed by atoms with Gasteiger partial charge in [0.2, 0.25) is 5.89 Å². The molecule has 0 fully saturated rings. The Morgan fingerprint density at radius 2 is 2.10 bits per heavy atom. The fourth-order valence-corrected chi connectivity index (χ4v) is 3.12. The molecular weight excluding hydrogens is 370 g/mol. The van der Waals surface area contributed by atoms with Gasteiger partial charge in [-0.3, -0.25) is 10.1 Å². The normalized spacial score (nSPS) is 10.6. The summed E-state index contributed by atoms with van der Waals surface area (Å²) in [6.45, 7) is 2.18. The Morgan fingerprint density at radius 3 is 2.86 bits per heavy atom. The van der Waals surface area contributed by atoms with Gasteiger partial charge in [0.25, 0.3) is 5.69 Å². The lowest BCUT2D eigenvalue weighted by Gasteiger charge is -2.09. The number of benzene rings is 2. The fraction of sp³-hybridized carbons (Fsp3) is 0.0952. The van der Waals surface area contributed by atoms with Crippen LogP contribution in [0.4, 0.5) is 11.5 Å². The monoisotopic (exact) mass is 385 g/mol. The molecule has 0 amide bonds. The van der Waals surface area contributed by atoms with Crippen LogP contribution in [0.5, 0.6) is 0 Å². The number of nitro benzene ring substituents is 1. The Kier molecular flexibility index (Phi) is 4.63. The average molecular weight is 385 g/mol. The van der Waals surface area contributed by atoms with Crippen LogP contribution in [0.3, 0.4) is 0 Å². The molecule has 29 heavy (non-hydrogen) atoms. The molecule has 0 radical (unpaired) electrons. The van der Waals surface area contributed by atoms with Gasteiger partial charge in [-0.05, 0) is 53.9 Å². The van der Waals surface area contributed by atoms with Gasteiger partial charge in [-0.1, -0.05) is 12.1 Å². The maximum absolute atomic E-state index is 11.1. The molecule has 4 aromatic rings. The summed E-state index contributed by atoms with van der Waals surface area (Å²) in [5.41, 5.74) is 4.07. The number of pyridine rings is 1. The standard InChI is InChI=1S/C21H15N5O3/c1-13-9-14(11-22)5-6-16(13)15-7-8-23-19(10-15)24-12-20-25-21-17(26(27)28)3-2-4-18(21)29-20/h2-10H,12H2,1H3,(H,23,24). The zero-order valence-corrected chi connectivity index (χ0v) is 15.4. The molecule has 0 aliphatic rings. The first kappa shape index (κ1) is 18.1. The molecule has 0 saturated carbocycles. The van der Waals surface area contributed by atoms with Crippen LogP contribution in [0, 0.1) is 28.4 Å². The summed E-state index contributed by atoms with van der Waals surface area (Å²) in [7, 11) is 0. The van der Waals surface area contributed by atoms with Crippen molar-refractivity contribution in [3.05, 3.63) is 81.9 Å². The molecule has 4 rings (SSSR count). The van der Waals surface area contributed by atoms with E-state index in [1.54, 1.807) is 24.4 Å². The zero-order valence-electron chi connectivity index (χ0n) is 15.4. The molecule has 2 heterocycles. The molecule has 0 unspecified atom stereocenters. The first-order valence-electron chi connectivity index (χ1n) is 8.79. The third-order valence-corrected chi connectivity index (χ3v) is 4.49. The number of fused-ring (bicyclic) bond motifs is 1. The number of rotatable bonds is 5. The Balaban J connectivity index is 1.56. The van der Waals surface area contributed by atoms with E-state index in [1.165, 1.54) is 6.07 Å². The van der Waals surface area contributed by atoms with Crippen molar-refractivity contribution in [3.63, 3.8) is 0 Å². The summed E-state index contributed by atoms with van der Waals surface area (Å²) < 4.78 is 5.60. The number of oxazole rings is 1. The first-order valence-corrected chi connectivity index (χ1v) is 8.79. The Labute approximate surface area is 165 Å². The largest absolute Gasteiger partial charge is 0.438 e. The number of aromatic nitrogens is 2. The maximum Gasteiger partial charge on any atom is 0.298 e. The number of nitrogens with zero attached hydrogens (tertiary/aromatic N) is 4. The van der Waals surface area contributed by atoms with Crippen molar-refractivity contribution >= 4 is 22.6 Å². The minimum absolute atomic E-state index is 0.0890. The Hall–Kier alpha value is -4.25. The lowest BCUT2D eigenvalue weighted by molar-refractivity contribution is -0.383. The van der Waals surface area contributed by atoms with Crippen LogP contribution in [0.2, 0.25) is 0 Å². The van der Waals surface area contributed by atoms with Crippen molar-refractivity contribution in [2.45, 2.75) is 13.5 Å². The number of nitro groups is 1. The summed E-state index contributed by atoms with van der Waals surface area (Å²) in [6.07, 6.45) is 1.69. The van der Waals surface area contributed by atoms with E-state index in [4.69, 9.17) is 9.68 Å². The molecule has 142 valence electrons. The summed E-state index contributed by atoms with van der Waals surface area (Å²) in [6, 6.07) is 16.0. The third kappa shape index (κ3) is 3.61. The number of hydrogen-bond acceptors (Lipinski definition) is 7. The molecule has 0 saturated heterocycles. The van der Waals surface area contributed by atoms with E-state index in [-0.39, 0.29) is 17.7 Å². The van der Waals surface area contributed by atoms with E-state index in [0.717, 1.165) is 16.7 Å². The number of nitrogens with one attached hydrogen (secondary N) is 1. The first-order chi connectivity index (χ1) is 14.0. The molecule has 0 bridgehead atoms. The van der Waals surface area contributed by atoms with Crippen molar-refractivity contribution < 1.29 is 9.34 Å².